The van der Waals surface area contributed by atoms with Gasteiger partial charge in [-0.2, -0.15) is 5.10 Å². The Kier molecular flexibility index (Phi) is 8.10. The molecule has 1 aliphatic rings. The van der Waals surface area contributed by atoms with Crippen molar-refractivity contribution < 1.29 is 24.9 Å². The third kappa shape index (κ3) is 5.51. The fourth-order valence-electron chi connectivity index (χ4n) is 3.06. The number of halogens is 1. The van der Waals surface area contributed by atoms with Gasteiger partial charge in [0.15, 0.2) is 11.5 Å². The summed E-state index contributed by atoms with van der Waals surface area (Å²) in [6.07, 6.45) is 6.98. The number of phenols is 3. The number of rotatable bonds is 5. The van der Waals surface area contributed by atoms with Crippen LogP contribution >= 0.6 is 23.7 Å². The topological polar surface area (TPSA) is 117 Å². The number of nitrogens with zero attached hydrogens (tertiary/aromatic N) is 3. The van der Waals surface area contributed by atoms with E-state index < -0.39 is 23.2 Å². The first kappa shape index (κ1) is 22.8. The predicted molar refractivity (Wildman–Crippen MR) is 112 cm³/mol. The Morgan fingerprint density at radius 1 is 1.24 bits per heavy atom. The highest BCUT2D eigenvalue weighted by molar-refractivity contribution is 7.07. The third-order valence-corrected chi connectivity index (χ3v) is 5.53. The van der Waals surface area contributed by atoms with Crippen LogP contribution in [-0.4, -0.2) is 45.3 Å². The molecule has 29 heavy (non-hydrogen) atoms. The highest BCUT2D eigenvalue weighted by Crippen LogP contribution is 2.36. The summed E-state index contributed by atoms with van der Waals surface area (Å²) in [7, 11) is 1.33. The molecule has 1 heterocycles. The van der Waals surface area contributed by atoms with Gasteiger partial charge < -0.3 is 20.1 Å². The van der Waals surface area contributed by atoms with Gasteiger partial charge in [-0.25, -0.2) is 4.68 Å². The molecule has 0 bridgehead atoms. The molecule has 0 saturated heterocycles. The van der Waals surface area contributed by atoms with Crippen LogP contribution in [0.15, 0.2) is 27.6 Å². The van der Waals surface area contributed by atoms with Gasteiger partial charge in [0.1, 0.15) is 0 Å². The Morgan fingerprint density at radius 3 is 2.66 bits per heavy atom. The molecule has 0 radical (unpaired) electrons. The summed E-state index contributed by atoms with van der Waals surface area (Å²) in [6, 6.07) is 2.92. The zero-order valence-electron chi connectivity index (χ0n) is 15.9. The van der Waals surface area contributed by atoms with E-state index in [-0.39, 0.29) is 30.4 Å². The minimum absolute atomic E-state index is 0. The zero-order valence-corrected chi connectivity index (χ0v) is 17.6. The molecule has 3 N–H and O–H groups in total. The number of ether oxygens (including phenoxy) is 1. The number of hydrogen-bond donors (Lipinski definition) is 3. The maximum Gasteiger partial charge on any atom is 0.311 e. The molecule has 2 aromatic rings. The van der Waals surface area contributed by atoms with Crippen LogP contribution in [0.3, 0.4) is 0 Å². The molecule has 0 aliphatic heterocycles. The number of phenolic OH excluding ortho intramolecular Hbond substituents is 3. The van der Waals surface area contributed by atoms with Gasteiger partial charge in [0.25, 0.3) is 0 Å². The molecule has 3 rings (SSSR count). The molecule has 0 amide bonds. The summed E-state index contributed by atoms with van der Waals surface area (Å²) in [5.74, 6) is -1.89. The molecule has 1 aromatic carbocycles. The number of carbonyl (C=O) groups is 1. The molecule has 0 spiro atoms. The largest absolute Gasteiger partial charge is 0.504 e. The molecular formula is C19H24ClN3O5S. The normalized spacial score (nSPS) is 15.4. The standard InChI is InChI=1S/C19H23N3O5S.ClH/c1-27-16(24)9-14-11-28-19(21-13-5-3-2-4-6-13)22(14)20-10-12-7-8-15(23)18(26)17(12)25;/h7-8,10-11,13,23,25-26H,2-6,9H2,1H3;1H/b20-10+,21-19?;. The second kappa shape index (κ2) is 10.3. The van der Waals surface area contributed by atoms with E-state index >= 15 is 0 Å². The molecule has 0 unspecified atom stereocenters. The molecule has 1 fully saturated rings. The van der Waals surface area contributed by atoms with Crippen molar-refractivity contribution in [2.45, 2.75) is 44.6 Å². The Bertz CT molecular complexity index is 948. The molecule has 1 aromatic heterocycles. The van der Waals surface area contributed by atoms with Crippen molar-refractivity contribution in [3.8, 4) is 17.2 Å². The summed E-state index contributed by atoms with van der Waals surface area (Å²) in [4.78, 5) is 17.2. The quantitative estimate of drug-likeness (QED) is 0.374. The van der Waals surface area contributed by atoms with Crippen LogP contribution in [0.2, 0.25) is 0 Å². The second-order valence-electron chi connectivity index (χ2n) is 6.61. The Labute approximate surface area is 178 Å². The number of carbonyl (C=O) groups excluding carboxylic acids is 1. The monoisotopic (exact) mass is 441 g/mol. The third-order valence-electron chi connectivity index (χ3n) is 4.65. The van der Waals surface area contributed by atoms with E-state index in [2.05, 4.69) is 5.10 Å². The minimum Gasteiger partial charge on any atom is -0.504 e. The van der Waals surface area contributed by atoms with Crippen molar-refractivity contribution in [1.29, 1.82) is 0 Å². The average molecular weight is 442 g/mol. The van der Waals surface area contributed by atoms with Crippen LogP contribution in [0.1, 0.15) is 43.4 Å². The number of benzene rings is 1. The van der Waals surface area contributed by atoms with Gasteiger partial charge in [-0.3, -0.25) is 9.79 Å². The number of methoxy groups -OCH3 is 1. The number of thiazole rings is 1. The molecule has 10 heteroatoms. The van der Waals surface area contributed by atoms with Gasteiger partial charge in [-0.15, -0.1) is 23.7 Å². The Balaban J connectivity index is 0.00000300. The number of esters is 1. The fraction of sp³-hybridized carbons (Fsp3) is 0.421. The first-order valence-electron chi connectivity index (χ1n) is 9.08. The molecule has 158 valence electrons. The highest BCUT2D eigenvalue weighted by Gasteiger charge is 2.15. The summed E-state index contributed by atoms with van der Waals surface area (Å²) in [5, 5.41) is 35.3. The lowest BCUT2D eigenvalue weighted by Crippen LogP contribution is -2.20. The summed E-state index contributed by atoms with van der Waals surface area (Å²) in [5.41, 5.74) is 0.840. The lowest BCUT2D eigenvalue weighted by atomic mass is 9.96. The van der Waals surface area contributed by atoms with Crippen LogP contribution in [-0.2, 0) is 16.0 Å². The van der Waals surface area contributed by atoms with Gasteiger partial charge in [0.05, 0.1) is 31.5 Å². The van der Waals surface area contributed by atoms with E-state index in [1.807, 2.05) is 5.38 Å². The smallest absolute Gasteiger partial charge is 0.311 e. The van der Waals surface area contributed by atoms with Crippen molar-refractivity contribution in [3.05, 3.63) is 33.6 Å². The predicted octanol–water partition coefficient (Wildman–Crippen LogP) is 2.92. The van der Waals surface area contributed by atoms with Crippen molar-refractivity contribution in [2.24, 2.45) is 10.1 Å². The van der Waals surface area contributed by atoms with Gasteiger partial charge in [-0.05, 0) is 25.0 Å². The average Bonchev–Trinajstić information content (AvgIpc) is 3.07. The first-order valence-corrected chi connectivity index (χ1v) is 9.96. The molecule has 1 aliphatic carbocycles. The SMILES string of the molecule is COC(=O)Cc1csc(=NC2CCCCC2)n1/N=C/c1ccc(O)c(O)c1O.Cl. The molecule has 0 atom stereocenters. The van der Waals surface area contributed by atoms with E-state index in [0.29, 0.717) is 10.5 Å². The number of hydrogen-bond acceptors (Lipinski definition) is 8. The molecule has 8 nitrogen and oxygen atoms in total. The van der Waals surface area contributed by atoms with Gasteiger partial charge >= 0.3 is 5.97 Å². The van der Waals surface area contributed by atoms with Gasteiger partial charge in [0, 0.05) is 10.9 Å². The van der Waals surface area contributed by atoms with E-state index in [1.54, 1.807) is 4.68 Å². The maximum absolute atomic E-state index is 11.7. The van der Waals surface area contributed by atoms with Crippen molar-refractivity contribution >= 4 is 35.9 Å². The van der Waals surface area contributed by atoms with E-state index in [9.17, 15) is 20.1 Å². The summed E-state index contributed by atoms with van der Waals surface area (Å²) in [6.45, 7) is 0. The van der Waals surface area contributed by atoms with Crippen molar-refractivity contribution in [1.82, 2.24) is 4.68 Å². The summed E-state index contributed by atoms with van der Waals surface area (Å²) < 4.78 is 6.30. The lowest BCUT2D eigenvalue weighted by Gasteiger charge is -2.16. The van der Waals surface area contributed by atoms with E-state index in [1.165, 1.54) is 43.2 Å². The van der Waals surface area contributed by atoms with Gasteiger partial charge in [0.2, 0.25) is 10.6 Å². The van der Waals surface area contributed by atoms with E-state index in [4.69, 9.17) is 9.73 Å². The van der Waals surface area contributed by atoms with Crippen LogP contribution in [0.4, 0.5) is 0 Å². The van der Waals surface area contributed by atoms with Crippen molar-refractivity contribution in [2.75, 3.05) is 7.11 Å². The van der Waals surface area contributed by atoms with Gasteiger partial charge in [-0.1, -0.05) is 19.3 Å². The number of aromatic hydroxyl groups is 3. The minimum atomic E-state index is -0.610. The highest BCUT2D eigenvalue weighted by atomic mass is 35.5. The van der Waals surface area contributed by atoms with Crippen LogP contribution in [0.25, 0.3) is 0 Å². The molecule has 1 saturated carbocycles. The lowest BCUT2D eigenvalue weighted by molar-refractivity contribution is -0.139. The maximum atomic E-state index is 11.7. The van der Waals surface area contributed by atoms with Crippen LogP contribution in [0.5, 0.6) is 17.2 Å². The van der Waals surface area contributed by atoms with E-state index in [0.717, 1.165) is 25.7 Å². The number of aromatic nitrogens is 1. The molecular weight excluding hydrogens is 418 g/mol. The van der Waals surface area contributed by atoms with Crippen LogP contribution in [0, 0.1) is 0 Å². The zero-order chi connectivity index (χ0) is 20.1. The Morgan fingerprint density at radius 2 is 1.97 bits per heavy atom. The Hall–Kier alpha value is -2.52. The van der Waals surface area contributed by atoms with Crippen molar-refractivity contribution in [3.63, 3.8) is 0 Å². The second-order valence-corrected chi connectivity index (χ2v) is 7.45. The van der Waals surface area contributed by atoms with Crippen LogP contribution < -0.4 is 4.80 Å². The first-order chi connectivity index (χ1) is 13.5. The fourth-order valence-corrected chi connectivity index (χ4v) is 3.96. The summed E-state index contributed by atoms with van der Waals surface area (Å²) >= 11 is 1.39.